The number of hydrogen-bond donors (Lipinski definition) is 0. The number of amides is 2. The van der Waals surface area contributed by atoms with E-state index in [9.17, 15) is 9.59 Å². The molecule has 1 aliphatic heterocycles. The molecule has 2 amide bonds. The number of ether oxygens (including phenoxy) is 1. The first-order chi connectivity index (χ1) is 12.6. The number of carbonyl (C=O) groups excluding carboxylic acids is 2. The van der Waals surface area contributed by atoms with Crippen LogP contribution in [-0.2, 0) is 16.0 Å². The van der Waals surface area contributed by atoms with Crippen LogP contribution >= 0.6 is 0 Å². The Morgan fingerprint density at radius 1 is 1.12 bits per heavy atom. The van der Waals surface area contributed by atoms with E-state index in [1.165, 1.54) is 32.1 Å². The monoisotopic (exact) mass is 358 g/mol. The first kappa shape index (κ1) is 18.7. The van der Waals surface area contributed by atoms with Gasteiger partial charge in [0.15, 0.2) is 0 Å². The van der Waals surface area contributed by atoms with Crippen LogP contribution < -0.4 is 0 Å². The highest BCUT2D eigenvalue weighted by molar-refractivity contribution is 5.78. The standard InChI is InChI=1S/C21H30N2O3/c1-22(20(24)14-17-10-6-5-7-11-17)15-19-16-23(21(25)26-19)18-12-8-3-2-4-9-13-18/h5-7,10-11,18-19H,2-4,8-9,12-16H2,1H3/t19-/m0/s1. The Labute approximate surface area is 156 Å². The minimum absolute atomic E-state index is 0.0525. The smallest absolute Gasteiger partial charge is 0.410 e. The van der Waals surface area contributed by atoms with Crippen molar-refractivity contribution in [2.75, 3.05) is 20.1 Å². The number of benzene rings is 1. The number of hydrogen-bond acceptors (Lipinski definition) is 3. The fraction of sp³-hybridized carbons (Fsp3) is 0.619. The van der Waals surface area contributed by atoms with Gasteiger partial charge >= 0.3 is 6.09 Å². The van der Waals surface area contributed by atoms with Crippen LogP contribution in [0.2, 0.25) is 0 Å². The maximum absolute atomic E-state index is 12.4. The number of likely N-dealkylation sites (N-methyl/N-ethyl adjacent to an activating group) is 1. The van der Waals surface area contributed by atoms with Gasteiger partial charge in [0.1, 0.15) is 6.10 Å². The second-order valence-electron chi connectivity index (χ2n) is 7.59. The van der Waals surface area contributed by atoms with Crippen molar-refractivity contribution in [3.8, 4) is 0 Å². The molecule has 26 heavy (non-hydrogen) atoms. The zero-order valence-electron chi connectivity index (χ0n) is 15.7. The molecule has 0 radical (unpaired) electrons. The lowest BCUT2D eigenvalue weighted by Gasteiger charge is -2.27. The van der Waals surface area contributed by atoms with Crippen molar-refractivity contribution >= 4 is 12.0 Å². The largest absolute Gasteiger partial charge is 0.442 e. The van der Waals surface area contributed by atoms with Crippen LogP contribution in [0.1, 0.15) is 50.5 Å². The topological polar surface area (TPSA) is 49.9 Å². The first-order valence-electron chi connectivity index (χ1n) is 9.88. The molecule has 1 aliphatic carbocycles. The van der Waals surface area contributed by atoms with Gasteiger partial charge in [0.25, 0.3) is 0 Å². The fourth-order valence-corrected chi connectivity index (χ4v) is 3.99. The number of cyclic esters (lactones) is 1. The highest BCUT2D eigenvalue weighted by Crippen LogP contribution is 2.25. The first-order valence-corrected chi connectivity index (χ1v) is 9.88. The minimum Gasteiger partial charge on any atom is -0.442 e. The highest BCUT2D eigenvalue weighted by atomic mass is 16.6. The summed E-state index contributed by atoms with van der Waals surface area (Å²) in [5.41, 5.74) is 1.00. The second kappa shape index (κ2) is 9.06. The molecule has 0 bridgehead atoms. The van der Waals surface area contributed by atoms with Crippen LogP contribution in [0.5, 0.6) is 0 Å². The van der Waals surface area contributed by atoms with Crippen molar-refractivity contribution in [2.24, 2.45) is 0 Å². The molecule has 1 aromatic carbocycles. The summed E-state index contributed by atoms with van der Waals surface area (Å²) in [6.45, 7) is 1.06. The molecule has 3 rings (SSSR count). The van der Waals surface area contributed by atoms with Gasteiger partial charge in [0, 0.05) is 13.1 Å². The lowest BCUT2D eigenvalue weighted by atomic mass is 9.96. The molecule has 2 aliphatic rings. The molecule has 0 N–H and O–H groups in total. The predicted octanol–water partition coefficient (Wildman–Crippen LogP) is 3.62. The van der Waals surface area contributed by atoms with Crippen LogP contribution in [-0.4, -0.2) is 54.1 Å². The molecule has 2 fully saturated rings. The molecule has 0 spiro atoms. The van der Waals surface area contributed by atoms with Gasteiger partial charge in [-0.3, -0.25) is 4.79 Å². The van der Waals surface area contributed by atoms with Crippen LogP contribution in [0.4, 0.5) is 4.79 Å². The summed E-state index contributed by atoms with van der Waals surface area (Å²) in [4.78, 5) is 28.3. The fourth-order valence-electron chi connectivity index (χ4n) is 3.99. The zero-order chi connectivity index (χ0) is 18.4. The lowest BCUT2D eigenvalue weighted by Crippen LogP contribution is -2.39. The molecule has 1 atom stereocenters. The minimum atomic E-state index is -0.224. The van der Waals surface area contributed by atoms with E-state index >= 15 is 0 Å². The van der Waals surface area contributed by atoms with Gasteiger partial charge in [-0.2, -0.15) is 0 Å². The molecule has 1 saturated carbocycles. The average molecular weight is 358 g/mol. The predicted molar refractivity (Wildman–Crippen MR) is 101 cm³/mol. The molecular formula is C21H30N2O3. The van der Waals surface area contributed by atoms with Crippen molar-refractivity contribution in [2.45, 2.75) is 63.5 Å². The molecule has 5 heteroatoms. The third-order valence-corrected chi connectivity index (χ3v) is 5.52. The Balaban J connectivity index is 1.50. The molecular weight excluding hydrogens is 328 g/mol. The van der Waals surface area contributed by atoms with E-state index in [1.54, 1.807) is 11.9 Å². The zero-order valence-corrected chi connectivity index (χ0v) is 15.7. The maximum Gasteiger partial charge on any atom is 0.410 e. The number of carbonyl (C=O) groups is 2. The summed E-state index contributed by atoms with van der Waals surface area (Å²) in [6, 6.07) is 10.0. The summed E-state index contributed by atoms with van der Waals surface area (Å²) < 4.78 is 5.56. The molecule has 142 valence electrons. The van der Waals surface area contributed by atoms with Crippen LogP contribution in [0, 0.1) is 0 Å². The Hall–Kier alpha value is -2.04. The summed E-state index contributed by atoms with van der Waals surface area (Å²) >= 11 is 0. The Morgan fingerprint density at radius 2 is 1.77 bits per heavy atom. The van der Waals surface area contributed by atoms with Gasteiger partial charge in [-0.15, -0.1) is 0 Å². The Bertz CT molecular complexity index is 597. The molecule has 1 saturated heterocycles. The van der Waals surface area contributed by atoms with E-state index in [2.05, 4.69) is 0 Å². The highest BCUT2D eigenvalue weighted by Gasteiger charge is 2.36. The lowest BCUT2D eigenvalue weighted by molar-refractivity contribution is -0.130. The van der Waals surface area contributed by atoms with Gasteiger partial charge < -0.3 is 14.5 Å². The maximum atomic E-state index is 12.4. The second-order valence-corrected chi connectivity index (χ2v) is 7.59. The molecule has 1 heterocycles. The van der Waals surface area contributed by atoms with E-state index in [1.807, 2.05) is 35.2 Å². The summed E-state index contributed by atoms with van der Waals surface area (Å²) in [6.07, 6.45) is 8.32. The van der Waals surface area contributed by atoms with E-state index in [4.69, 9.17) is 4.74 Å². The van der Waals surface area contributed by atoms with Crippen molar-refractivity contribution < 1.29 is 14.3 Å². The number of rotatable bonds is 5. The quantitative estimate of drug-likeness (QED) is 0.808. The summed E-state index contributed by atoms with van der Waals surface area (Å²) in [7, 11) is 1.79. The van der Waals surface area contributed by atoms with E-state index in [0.717, 1.165) is 18.4 Å². The normalized spacial score (nSPS) is 21.8. The van der Waals surface area contributed by atoms with Crippen LogP contribution in [0.3, 0.4) is 0 Å². The molecule has 5 nitrogen and oxygen atoms in total. The third-order valence-electron chi connectivity index (χ3n) is 5.52. The van der Waals surface area contributed by atoms with E-state index in [0.29, 0.717) is 25.6 Å². The van der Waals surface area contributed by atoms with Gasteiger partial charge in [-0.1, -0.05) is 62.4 Å². The molecule has 0 aromatic heterocycles. The number of nitrogens with zero attached hydrogens (tertiary/aromatic N) is 2. The molecule has 0 unspecified atom stereocenters. The summed E-state index contributed by atoms with van der Waals surface area (Å²) in [5, 5.41) is 0. The van der Waals surface area contributed by atoms with Crippen molar-refractivity contribution in [3.05, 3.63) is 35.9 Å². The van der Waals surface area contributed by atoms with Gasteiger partial charge in [-0.25, -0.2) is 4.79 Å². The SMILES string of the molecule is CN(C[C@H]1CN(C2CCCCCCC2)C(=O)O1)C(=O)Cc1ccccc1. The van der Waals surface area contributed by atoms with Gasteiger partial charge in [0.2, 0.25) is 5.91 Å². The van der Waals surface area contributed by atoms with E-state index < -0.39 is 0 Å². The van der Waals surface area contributed by atoms with Crippen LogP contribution in [0.15, 0.2) is 30.3 Å². The Kier molecular flexibility index (Phi) is 6.53. The van der Waals surface area contributed by atoms with E-state index in [-0.39, 0.29) is 18.1 Å². The Morgan fingerprint density at radius 3 is 2.46 bits per heavy atom. The van der Waals surface area contributed by atoms with Gasteiger partial charge in [0.05, 0.1) is 19.5 Å². The third kappa shape index (κ3) is 4.99. The van der Waals surface area contributed by atoms with Crippen molar-refractivity contribution in [1.82, 2.24) is 9.80 Å². The average Bonchev–Trinajstić information content (AvgIpc) is 2.95. The van der Waals surface area contributed by atoms with Crippen molar-refractivity contribution in [1.29, 1.82) is 0 Å². The van der Waals surface area contributed by atoms with Gasteiger partial charge in [-0.05, 0) is 18.4 Å². The summed E-state index contributed by atoms with van der Waals surface area (Å²) in [5.74, 6) is 0.0525. The van der Waals surface area contributed by atoms with Crippen LogP contribution in [0.25, 0.3) is 0 Å². The molecule has 1 aromatic rings. The van der Waals surface area contributed by atoms with Crippen molar-refractivity contribution in [3.63, 3.8) is 0 Å².